The molecule has 0 bridgehead atoms. The molecule has 0 aliphatic heterocycles. The van der Waals surface area contributed by atoms with Crippen molar-refractivity contribution in [1.82, 2.24) is 5.32 Å². The lowest BCUT2D eigenvalue weighted by atomic mass is 9.94. The SMILES string of the molecule is CNCCc1ccccc1C(=O)c1ccc(OC)cc1C. The Kier molecular flexibility index (Phi) is 5.12. The molecule has 2 rings (SSSR count). The van der Waals surface area contributed by atoms with Gasteiger partial charge in [0.05, 0.1) is 7.11 Å². The van der Waals surface area contributed by atoms with Gasteiger partial charge in [0.25, 0.3) is 0 Å². The summed E-state index contributed by atoms with van der Waals surface area (Å²) in [5, 5.41) is 3.12. The van der Waals surface area contributed by atoms with Crippen molar-refractivity contribution in [3.05, 3.63) is 64.7 Å². The molecule has 0 aliphatic rings. The number of hydrogen-bond donors (Lipinski definition) is 1. The van der Waals surface area contributed by atoms with Crippen LogP contribution in [0.4, 0.5) is 0 Å². The van der Waals surface area contributed by atoms with Crippen LogP contribution in [-0.2, 0) is 6.42 Å². The van der Waals surface area contributed by atoms with Crippen LogP contribution in [-0.4, -0.2) is 26.5 Å². The standard InChI is InChI=1S/C18H21NO2/c1-13-12-15(21-3)8-9-16(13)18(20)17-7-5-4-6-14(17)10-11-19-2/h4-9,12,19H,10-11H2,1-3H3. The second-order valence-corrected chi connectivity index (χ2v) is 5.02. The van der Waals surface area contributed by atoms with Crippen LogP contribution in [0, 0.1) is 6.92 Å². The molecule has 0 aliphatic carbocycles. The second-order valence-electron chi connectivity index (χ2n) is 5.02. The number of rotatable bonds is 6. The summed E-state index contributed by atoms with van der Waals surface area (Å²) in [4.78, 5) is 12.8. The number of likely N-dealkylation sites (N-methyl/N-ethyl adjacent to an activating group) is 1. The molecule has 2 aromatic rings. The van der Waals surface area contributed by atoms with Gasteiger partial charge in [-0.05, 0) is 56.3 Å². The molecule has 0 radical (unpaired) electrons. The van der Waals surface area contributed by atoms with Crippen molar-refractivity contribution in [3.63, 3.8) is 0 Å². The normalized spacial score (nSPS) is 10.4. The Morgan fingerprint density at radius 3 is 2.57 bits per heavy atom. The van der Waals surface area contributed by atoms with Crippen LogP contribution in [0.2, 0.25) is 0 Å². The minimum atomic E-state index is 0.0712. The number of aryl methyl sites for hydroxylation is 1. The van der Waals surface area contributed by atoms with Gasteiger partial charge in [0.15, 0.2) is 5.78 Å². The highest BCUT2D eigenvalue weighted by Gasteiger charge is 2.15. The molecule has 21 heavy (non-hydrogen) atoms. The van der Waals surface area contributed by atoms with Crippen LogP contribution in [0.5, 0.6) is 5.75 Å². The molecule has 2 aromatic carbocycles. The highest BCUT2D eigenvalue weighted by Crippen LogP contribution is 2.21. The minimum absolute atomic E-state index is 0.0712. The van der Waals surface area contributed by atoms with Crippen LogP contribution >= 0.6 is 0 Å². The van der Waals surface area contributed by atoms with Crippen molar-refractivity contribution in [3.8, 4) is 5.75 Å². The Hall–Kier alpha value is -2.13. The number of carbonyl (C=O) groups excluding carboxylic acids is 1. The molecule has 0 aromatic heterocycles. The van der Waals surface area contributed by atoms with E-state index in [9.17, 15) is 4.79 Å². The van der Waals surface area contributed by atoms with Crippen LogP contribution in [0.25, 0.3) is 0 Å². The zero-order valence-electron chi connectivity index (χ0n) is 12.8. The Bertz CT molecular complexity index is 635. The third-order valence-electron chi connectivity index (χ3n) is 3.58. The van der Waals surface area contributed by atoms with Crippen LogP contribution in [0.3, 0.4) is 0 Å². The van der Waals surface area contributed by atoms with Gasteiger partial charge in [-0.1, -0.05) is 24.3 Å². The van der Waals surface area contributed by atoms with Gasteiger partial charge < -0.3 is 10.1 Å². The molecule has 0 saturated carbocycles. The van der Waals surface area contributed by atoms with E-state index in [0.29, 0.717) is 0 Å². The third-order valence-corrected chi connectivity index (χ3v) is 3.58. The molecule has 0 saturated heterocycles. The van der Waals surface area contributed by atoms with Crippen LogP contribution in [0.1, 0.15) is 27.0 Å². The van der Waals surface area contributed by atoms with E-state index < -0.39 is 0 Å². The van der Waals surface area contributed by atoms with Crippen molar-refractivity contribution in [2.24, 2.45) is 0 Å². The monoisotopic (exact) mass is 283 g/mol. The Balaban J connectivity index is 2.36. The summed E-state index contributed by atoms with van der Waals surface area (Å²) in [6, 6.07) is 13.4. The number of ether oxygens (including phenoxy) is 1. The van der Waals surface area contributed by atoms with Gasteiger partial charge in [-0.3, -0.25) is 4.79 Å². The average Bonchev–Trinajstić information content (AvgIpc) is 2.52. The van der Waals surface area contributed by atoms with Gasteiger partial charge in [0, 0.05) is 11.1 Å². The largest absolute Gasteiger partial charge is 0.497 e. The summed E-state index contributed by atoms with van der Waals surface area (Å²) in [5.41, 5.74) is 3.52. The lowest BCUT2D eigenvalue weighted by Crippen LogP contribution is -2.14. The van der Waals surface area contributed by atoms with Crippen molar-refractivity contribution in [2.45, 2.75) is 13.3 Å². The summed E-state index contributed by atoms with van der Waals surface area (Å²) in [5.74, 6) is 0.842. The smallest absolute Gasteiger partial charge is 0.193 e. The van der Waals surface area contributed by atoms with Gasteiger partial charge in [0.2, 0.25) is 0 Å². The van der Waals surface area contributed by atoms with Gasteiger partial charge in [-0.15, -0.1) is 0 Å². The molecule has 3 nitrogen and oxygen atoms in total. The summed E-state index contributed by atoms with van der Waals surface area (Å²) in [6.45, 7) is 2.79. The minimum Gasteiger partial charge on any atom is -0.497 e. The molecule has 0 fully saturated rings. The fourth-order valence-corrected chi connectivity index (χ4v) is 2.38. The zero-order valence-corrected chi connectivity index (χ0v) is 12.8. The quantitative estimate of drug-likeness (QED) is 0.828. The second kappa shape index (κ2) is 7.04. The highest BCUT2D eigenvalue weighted by atomic mass is 16.5. The third kappa shape index (κ3) is 3.50. The molecule has 0 atom stereocenters. The molecule has 0 spiro atoms. The first-order valence-corrected chi connectivity index (χ1v) is 7.09. The highest BCUT2D eigenvalue weighted by molar-refractivity contribution is 6.10. The maximum Gasteiger partial charge on any atom is 0.193 e. The van der Waals surface area contributed by atoms with Crippen LogP contribution in [0.15, 0.2) is 42.5 Å². The summed E-state index contributed by atoms with van der Waals surface area (Å²) >= 11 is 0. The fraction of sp³-hybridized carbons (Fsp3) is 0.278. The fourth-order valence-electron chi connectivity index (χ4n) is 2.38. The Morgan fingerprint density at radius 1 is 1.14 bits per heavy atom. The first-order chi connectivity index (χ1) is 10.2. The van der Waals surface area contributed by atoms with Crippen LogP contribution < -0.4 is 10.1 Å². The van der Waals surface area contributed by atoms with Crippen molar-refractivity contribution < 1.29 is 9.53 Å². The van der Waals surface area contributed by atoms with Gasteiger partial charge >= 0.3 is 0 Å². The number of hydrogen-bond acceptors (Lipinski definition) is 3. The van der Waals surface area contributed by atoms with E-state index >= 15 is 0 Å². The molecule has 3 heteroatoms. The van der Waals surface area contributed by atoms with E-state index in [1.54, 1.807) is 7.11 Å². The molecular formula is C18H21NO2. The first kappa shape index (κ1) is 15.3. The zero-order chi connectivity index (χ0) is 15.2. The molecule has 1 N–H and O–H groups in total. The summed E-state index contributed by atoms with van der Waals surface area (Å²) in [6.07, 6.45) is 0.841. The lowest BCUT2D eigenvalue weighted by Gasteiger charge is -2.11. The number of benzene rings is 2. The van der Waals surface area contributed by atoms with E-state index in [4.69, 9.17) is 4.74 Å². The number of methoxy groups -OCH3 is 1. The molecule has 0 heterocycles. The Labute approximate surface area is 126 Å². The van der Waals surface area contributed by atoms with Crippen molar-refractivity contribution >= 4 is 5.78 Å². The van der Waals surface area contributed by atoms with E-state index in [1.807, 2.05) is 56.4 Å². The number of carbonyl (C=O) groups is 1. The lowest BCUT2D eigenvalue weighted by molar-refractivity contribution is 0.103. The molecular weight excluding hydrogens is 262 g/mol. The summed E-state index contributed by atoms with van der Waals surface area (Å²) in [7, 11) is 3.54. The molecule has 110 valence electrons. The van der Waals surface area contributed by atoms with Gasteiger partial charge in [0.1, 0.15) is 5.75 Å². The Morgan fingerprint density at radius 2 is 1.90 bits per heavy atom. The van der Waals surface area contributed by atoms with Crippen molar-refractivity contribution in [1.29, 1.82) is 0 Å². The predicted molar refractivity (Wildman–Crippen MR) is 85.2 cm³/mol. The van der Waals surface area contributed by atoms with E-state index in [0.717, 1.165) is 41.0 Å². The molecule has 0 unspecified atom stereocenters. The van der Waals surface area contributed by atoms with Gasteiger partial charge in [-0.25, -0.2) is 0 Å². The first-order valence-electron chi connectivity index (χ1n) is 7.09. The van der Waals surface area contributed by atoms with Gasteiger partial charge in [-0.2, -0.15) is 0 Å². The molecule has 0 amide bonds. The number of ketones is 1. The maximum absolute atomic E-state index is 12.8. The van der Waals surface area contributed by atoms with E-state index in [-0.39, 0.29) is 5.78 Å². The topological polar surface area (TPSA) is 38.3 Å². The average molecular weight is 283 g/mol. The van der Waals surface area contributed by atoms with Crippen molar-refractivity contribution in [2.75, 3.05) is 20.7 Å². The van der Waals surface area contributed by atoms with E-state index in [2.05, 4.69) is 5.32 Å². The van der Waals surface area contributed by atoms with E-state index in [1.165, 1.54) is 0 Å². The predicted octanol–water partition coefficient (Wildman–Crippen LogP) is 3.00. The number of nitrogens with one attached hydrogen (secondary N) is 1. The summed E-state index contributed by atoms with van der Waals surface area (Å²) < 4.78 is 5.19. The maximum atomic E-state index is 12.8.